The lowest BCUT2D eigenvalue weighted by molar-refractivity contribution is 0.195. The van der Waals surface area contributed by atoms with Crippen molar-refractivity contribution in [1.82, 2.24) is 0 Å². The second-order valence-corrected chi connectivity index (χ2v) is 15.9. The van der Waals surface area contributed by atoms with Crippen molar-refractivity contribution < 1.29 is 0 Å². The van der Waals surface area contributed by atoms with Crippen LogP contribution in [0.1, 0.15) is 45.1 Å². The molecule has 0 spiro atoms. The molecule has 10 rings (SSSR count). The molecule has 1 heterocycles. The average molecular weight is 673 g/mol. The van der Waals surface area contributed by atoms with Crippen LogP contribution in [0.5, 0.6) is 0 Å². The Labute approximate surface area is 307 Å². The summed E-state index contributed by atoms with van der Waals surface area (Å²) >= 11 is 0. The van der Waals surface area contributed by atoms with Crippen LogP contribution in [-0.2, 0) is 5.41 Å². The average Bonchev–Trinajstić information content (AvgIpc) is 3.40. The molecule has 1 aliphatic heterocycles. The topological polar surface area (TPSA) is 6.48 Å². The van der Waals surface area contributed by atoms with E-state index in [-0.39, 0.29) is 11.0 Å². The summed E-state index contributed by atoms with van der Waals surface area (Å²) in [4.78, 5) is 4.87. The van der Waals surface area contributed by atoms with Crippen LogP contribution in [0, 0.1) is 0 Å². The van der Waals surface area contributed by atoms with Gasteiger partial charge in [-0.25, -0.2) is 0 Å². The van der Waals surface area contributed by atoms with Crippen LogP contribution in [0.4, 0.5) is 17.1 Å². The van der Waals surface area contributed by atoms with Gasteiger partial charge in [-0.15, -0.1) is 0 Å². The lowest BCUT2D eigenvalue weighted by atomic mass is 9.61. The number of hydrogen-bond donors (Lipinski definition) is 0. The molecule has 0 bridgehead atoms. The van der Waals surface area contributed by atoms with E-state index in [2.05, 4.69) is 183 Å². The standard InChI is InChI=1S/C50H44N2/c1-49-29-11-12-30-50(49,2)52(38-22-20-37(21-23-38)51(3)4)46-28-19-36(31-45(46)49)44-32-43(34-15-9-6-10-16-34)41-25-18-35-17-24-39(33-13-7-5-8-14-33)40-26-27-42(44)48(41)47(35)40/h5-10,13-28,31-32H,11-12,29-30H2,1-4H3. The van der Waals surface area contributed by atoms with Crippen molar-refractivity contribution in [3.63, 3.8) is 0 Å². The highest BCUT2D eigenvalue weighted by atomic mass is 15.3. The Balaban J connectivity index is 1.24. The third-order valence-corrected chi connectivity index (χ3v) is 13.0. The van der Waals surface area contributed by atoms with Gasteiger partial charge in [-0.1, -0.05) is 123 Å². The van der Waals surface area contributed by atoms with Crippen LogP contribution < -0.4 is 9.80 Å². The van der Waals surface area contributed by atoms with E-state index in [0.29, 0.717) is 0 Å². The van der Waals surface area contributed by atoms with E-state index in [0.717, 1.165) is 0 Å². The molecule has 2 aliphatic rings. The van der Waals surface area contributed by atoms with Crippen molar-refractivity contribution in [1.29, 1.82) is 0 Å². The van der Waals surface area contributed by atoms with E-state index >= 15 is 0 Å². The van der Waals surface area contributed by atoms with Crippen molar-refractivity contribution in [3.8, 4) is 33.4 Å². The van der Waals surface area contributed by atoms with E-state index in [4.69, 9.17) is 0 Å². The van der Waals surface area contributed by atoms with Crippen LogP contribution in [0.3, 0.4) is 0 Å². The molecule has 0 radical (unpaired) electrons. The molecule has 2 nitrogen and oxygen atoms in total. The summed E-state index contributed by atoms with van der Waals surface area (Å²) in [6, 6.07) is 55.0. The summed E-state index contributed by atoms with van der Waals surface area (Å²) in [5.41, 5.74) is 13.1. The normalized spacial score (nSPS) is 19.7. The second-order valence-electron chi connectivity index (χ2n) is 15.9. The van der Waals surface area contributed by atoms with Gasteiger partial charge in [0.25, 0.3) is 0 Å². The predicted octanol–water partition coefficient (Wildman–Crippen LogP) is 13.4. The molecule has 8 aromatic carbocycles. The van der Waals surface area contributed by atoms with Gasteiger partial charge in [-0.3, -0.25) is 0 Å². The zero-order chi connectivity index (χ0) is 35.2. The van der Waals surface area contributed by atoms with Crippen LogP contribution in [0.15, 0.2) is 146 Å². The van der Waals surface area contributed by atoms with Gasteiger partial charge in [0.2, 0.25) is 0 Å². The summed E-state index contributed by atoms with van der Waals surface area (Å²) in [7, 11) is 4.23. The van der Waals surface area contributed by atoms with Gasteiger partial charge >= 0.3 is 0 Å². The van der Waals surface area contributed by atoms with E-state index in [1.165, 1.54) is 114 Å². The van der Waals surface area contributed by atoms with Gasteiger partial charge in [-0.2, -0.15) is 0 Å². The molecule has 254 valence electrons. The van der Waals surface area contributed by atoms with Crippen molar-refractivity contribution in [2.24, 2.45) is 0 Å². The maximum absolute atomic E-state index is 2.69. The highest BCUT2D eigenvalue weighted by Crippen LogP contribution is 2.61. The molecule has 1 saturated carbocycles. The zero-order valence-corrected chi connectivity index (χ0v) is 30.6. The minimum Gasteiger partial charge on any atom is -0.378 e. The number of rotatable bonds is 5. The number of anilines is 3. The molecule has 0 saturated heterocycles. The molecule has 0 aromatic heterocycles. The number of nitrogens with zero attached hydrogens (tertiary/aromatic N) is 2. The summed E-state index contributed by atoms with van der Waals surface area (Å²) in [5.74, 6) is 0. The largest absolute Gasteiger partial charge is 0.378 e. The van der Waals surface area contributed by atoms with E-state index in [1.807, 2.05) is 0 Å². The molecule has 0 amide bonds. The summed E-state index contributed by atoms with van der Waals surface area (Å²) < 4.78 is 0. The monoisotopic (exact) mass is 672 g/mol. The maximum Gasteiger partial charge on any atom is 0.0517 e. The smallest absolute Gasteiger partial charge is 0.0517 e. The minimum absolute atomic E-state index is 0.00244. The molecular weight excluding hydrogens is 629 g/mol. The van der Waals surface area contributed by atoms with Gasteiger partial charge in [0, 0.05) is 36.6 Å². The third-order valence-electron chi connectivity index (χ3n) is 13.0. The van der Waals surface area contributed by atoms with Crippen molar-refractivity contribution in [3.05, 3.63) is 151 Å². The highest BCUT2D eigenvalue weighted by Gasteiger charge is 2.57. The molecule has 1 fully saturated rings. The maximum atomic E-state index is 2.69. The fraction of sp³-hybridized carbons (Fsp3) is 0.200. The van der Waals surface area contributed by atoms with Crippen molar-refractivity contribution >= 4 is 49.4 Å². The molecule has 8 aromatic rings. The molecule has 1 aliphatic carbocycles. The summed E-state index contributed by atoms with van der Waals surface area (Å²) in [6.07, 6.45) is 4.91. The van der Waals surface area contributed by atoms with Gasteiger partial charge < -0.3 is 9.80 Å². The first-order chi connectivity index (χ1) is 25.4. The molecule has 0 N–H and O–H groups in total. The van der Waals surface area contributed by atoms with Gasteiger partial charge in [0.05, 0.1) is 5.54 Å². The van der Waals surface area contributed by atoms with Gasteiger partial charge in [0.1, 0.15) is 0 Å². The van der Waals surface area contributed by atoms with Crippen molar-refractivity contribution in [2.45, 2.75) is 50.5 Å². The van der Waals surface area contributed by atoms with Crippen LogP contribution in [-0.4, -0.2) is 19.6 Å². The Kier molecular flexibility index (Phi) is 6.86. The first kappa shape index (κ1) is 31.2. The van der Waals surface area contributed by atoms with Crippen LogP contribution in [0.2, 0.25) is 0 Å². The quantitative estimate of drug-likeness (QED) is 0.168. The van der Waals surface area contributed by atoms with E-state index < -0.39 is 0 Å². The number of benzene rings is 8. The Morgan fingerprint density at radius 1 is 0.519 bits per heavy atom. The minimum atomic E-state index is -0.00244. The second kappa shape index (κ2) is 11.5. The van der Waals surface area contributed by atoms with E-state index in [9.17, 15) is 0 Å². The van der Waals surface area contributed by atoms with Crippen LogP contribution in [0.25, 0.3) is 65.7 Å². The first-order valence-electron chi connectivity index (χ1n) is 18.9. The molecule has 2 atom stereocenters. The Morgan fingerprint density at radius 3 is 1.81 bits per heavy atom. The Bertz CT molecular complexity index is 2620. The Morgan fingerprint density at radius 2 is 1.12 bits per heavy atom. The lowest BCUT2D eigenvalue weighted by Gasteiger charge is -2.50. The third kappa shape index (κ3) is 4.37. The molecule has 52 heavy (non-hydrogen) atoms. The lowest BCUT2D eigenvalue weighted by Crippen LogP contribution is -2.54. The Hall–Kier alpha value is -5.60. The fourth-order valence-electron chi connectivity index (χ4n) is 10.1. The molecule has 2 heteroatoms. The van der Waals surface area contributed by atoms with Gasteiger partial charge in [0.15, 0.2) is 0 Å². The first-order valence-corrected chi connectivity index (χ1v) is 18.9. The predicted molar refractivity (Wildman–Crippen MR) is 224 cm³/mol. The van der Waals surface area contributed by atoms with E-state index in [1.54, 1.807) is 0 Å². The van der Waals surface area contributed by atoms with Crippen LogP contribution >= 0.6 is 0 Å². The number of fused-ring (bicyclic) bond motifs is 3. The molecule has 2 unspecified atom stereocenters. The SMILES string of the molecule is CN(C)c1ccc(N2c3ccc(-c4cc(-c5ccccc5)c5ccc6ccc(-c7ccccc7)c7ccc4c5c67)cc3C3(C)CCCCC23C)cc1. The summed E-state index contributed by atoms with van der Waals surface area (Å²) in [6.45, 7) is 5.08. The fourth-order valence-corrected chi connectivity index (χ4v) is 10.1. The molecular formula is C50H44N2. The van der Waals surface area contributed by atoms with Gasteiger partial charge in [-0.05, 0) is 133 Å². The highest BCUT2D eigenvalue weighted by molar-refractivity contribution is 6.30. The number of hydrogen-bond acceptors (Lipinski definition) is 2. The summed E-state index contributed by atoms with van der Waals surface area (Å²) in [5, 5.41) is 7.96. The van der Waals surface area contributed by atoms with Crippen molar-refractivity contribution in [2.75, 3.05) is 23.9 Å². The zero-order valence-electron chi connectivity index (χ0n) is 30.6.